The molecule has 0 radical (unpaired) electrons. The van der Waals surface area contributed by atoms with Crippen molar-refractivity contribution < 1.29 is 18.5 Å². The van der Waals surface area contributed by atoms with Gasteiger partial charge in [-0.3, -0.25) is 9.52 Å². The number of rotatable bonds is 1. The van der Waals surface area contributed by atoms with Crippen LogP contribution in [0.25, 0.3) is 0 Å². The summed E-state index contributed by atoms with van der Waals surface area (Å²) in [5.41, 5.74) is 3.97. The van der Waals surface area contributed by atoms with Crippen molar-refractivity contribution >= 4 is 34.2 Å². The van der Waals surface area contributed by atoms with Crippen molar-refractivity contribution in [3.8, 4) is 5.75 Å². The summed E-state index contributed by atoms with van der Waals surface area (Å²) in [6, 6.07) is 12.0. The lowest BCUT2D eigenvalue weighted by Gasteiger charge is -2.46. The molecule has 1 saturated carbocycles. The molecule has 2 aliphatic carbocycles. The van der Waals surface area contributed by atoms with E-state index in [-0.39, 0.29) is 28.6 Å². The van der Waals surface area contributed by atoms with Crippen molar-refractivity contribution in [2.75, 3.05) is 31.7 Å². The molecule has 4 aliphatic rings. The molecule has 2 aromatic rings. The molecule has 6 unspecified atom stereocenters. The maximum atomic E-state index is 13.4. The average molecular weight is 599 g/mol. The van der Waals surface area contributed by atoms with Gasteiger partial charge in [0, 0.05) is 36.2 Å². The van der Waals surface area contributed by atoms with Gasteiger partial charge in [0.1, 0.15) is 16.7 Å². The van der Waals surface area contributed by atoms with Gasteiger partial charge in [-0.05, 0) is 111 Å². The molecule has 1 spiro atoms. The van der Waals surface area contributed by atoms with Crippen molar-refractivity contribution in [1.29, 1.82) is 0 Å². The molecule has 8 heteroatoms. The highest BCUT2D eigenvalue weighted by Gasteiger charge is 2.44. The average Bonchev–Trinajstić information content (AvgIpc) is 3.10. The molecule has 2 heterocycles. The number of carbonyl (C=O) groups excluding carboxylic acids is 1. The molecular weight excluding hydrogens is 556 g/mol. The lowest BCUT2D eigenvalue weighted by atomic mass is 9.68. The van der Waals surface area contributed by atoms with Crippen LogP contribution in [0.5, 0.6) is 5.75 Å². The summed E-state index contributed by atoms with van der Waals surface area (Å²) in [7, 11) is 0.390. The van der Waals surface area contributed by atoms with Crippen LogP contribution in [0.4, 0.5) is 5.69 Å². The van der Waals surface area contributed by atoms with Gasteiger partial charge in [0.2, 0.25) is 0 Å². The van der Waals surface area contributed by atoms with E-state index in [2.05, 4.69) is 28.7 Å². The number of fused-ring (bicyclic) bond motifs is 4. The number of ether oxygens (including phenoxy) is 2. The molecule has 222 valence electrons. The third kappa shape index (κ3) is 5.66. The lowest BCUT2D eigenvalue weighted by Crippen LogP contribution is -2.49. The second-order valence-electron chi connectivity index (χ2n) is 12.9. The first-order valence-electron chi connectivity index (χ1n) is 15.3. The van der Waals surface area contributed by atoms with Crippen LogP contribution in [0.1, 0.15) is 80.3 Å². The van der Waals surface area contributed by atoms with E-state index < -0.39 is 11.0 Å². The predicted molar refractivity (Wildman–Crippen MR) is 165 cm³/mol. The van der Waals surface area contributed by atoms with Gasteiger partial charge in [-0.2, -0.15) is 0 Å². The first kappa shape index (κ1) is 29.0. The lowest BCUT2D eigenvalue weighted by molar-refractivity contribution is -0.0224. The molecule has 2 aliphatic heterocycles. The van der Waals surface area contributed by atoms with E-state index in [1.807, 2.05) is 32.2 Å². The topological polar surface area (TPSA) is 67.9 Å². The van der Waals surface area contributed by atoms with Gasteiger partial charge >= 0.3 is 0 Å². The second-order valence-corrected chi connectivity index (χ2v) is 14.9. The van der Waals surface area contributed by atoms with Gasteiger partial charge < -0.3 is 14.4 Å². The number of halogens is 1. The van der Waals surface area contributed by atoms with E-state index in [1.165, 1.54) is 24.0 Å². The first-order chi connectivity index (χ1) is 19.8. The Morgan fingerprint density at radius 1 is 1.10 bits per heavy atom. The number of anilines is 1. The standard InChI is InChI=1S/C33H43ClN2O4S/c1-21-6-4-8-30(39-3)27-12-9-25(27)18-36-19-33(15-5-7-23-16-26(34)11-13-28(23)33)20-40-31-14-10-24(17-29(31)36)32(37)35-41(38)22(21)2/h10-11,13-14,16-17,21-22,25,27,30H,4-9,12,15,18-20H2,1-3H3,(H,35,37)/t21?,22?,25?,27?,30?,33-,41?/m0/s1. The molecule has 41 heavy (non-hydrogen) atoms. The maximum absolute atomic E-state index is 13.4. The zero-order chi connectivity index (χ0) is 28.7. The zero-order valence-electron chi connectivity index (χ0n) is 24.5. The largest absolute Gasteiger partial charge is 0.490 e. The van der Waals surface area contributed by atoms with Gasteiger partial charge in [0.05, 0.1) is 23.6 Å². The Labute approximate surface area is 252 Å². The maximum Gasteiger partial charge on any atom is 0.263 e. The Morgan fingerprint density at radius 2 is 1.95 bits per heavy atom. The highest BCUT2D eigenvalue weighted by molar-refractivity contribution is 7.84. The van der Waals surface area contributed by atoms with Gasteiger partial charge in [-0.15, -0.1) is 0 Å². The summed E-state index contributed by atoms with van der Waals surface area (Å²) >= 11 is 6.42. The fraction of sp³-hybridized carbons (Fsp3) is 0.606. The molecule has 2 aromatic carbocycles. The molecule has 6 rings (SSSR count). The number of hydrogen-bond acceptors (Lipinski definition) is 5. The van der Waals surface area contributed by atoms with Crippen LogP contribution in [0.2, 0.25) is 5.02 Å². The second kappa shape index (κ2) is 11.9. The van der Waals surface area contributed by atoms with Crippen molar-refractivity contribution in [2.45, 2.75) is 82.0 Å². The van der Waals surface area contributed by atoms with Crippen LogP contribution in [0.3, 0.4) is 0 Å². The van der Waals surface area contributed by atoms with Crippen LogP contribution < -0.4 is 14.4 Å². The monoisotopic (exact) mass is 598 g/mol. The smallest absolute Gasteiger partial charge is 0.263 e. The minimum atomic E-state index is -1.47. The van der Waals surface area contributed by atoms with E-state index >= 15 is 0 Å². The summed E-state index contributed by atoms with van der Waals surface area (Å²) < 4.78 is 28.7. The third-order valence-corrected chi connectivity index (χ3v) is 12.3. The summed E-state index contributed by atoms with van der Waals surface area (Å²) in [6.45, 7) is 6.42. The number of nitrogens with one attached hydrogen (secondary N) is 1. The number of hydrogen-bond donors (Lipinski definition) is 1. The summed E-state index contributed by atoms with van der Waals surface area (Å²) in [5.74, 6) is 1.78. The molecule has 0 aromatic heterocycles. The van der Waals surface area contributed by atoms with E-state index in [4.69, 9.17) is 21.1 Å². The van der Waals surface area contributed by atoms with Crippen molar-refractivity contribution in [1.82, 2.24) is 4.72 Å². The van der Waals surface area contributed by atoms with Gasteiger partial charge in [-0.25, -0.2) is 4.21 Å². The molecule has 1 amide bonds. The van der Waals surface area contributed by atoms with Crippen LogP contribution in [-0.2, 0) is 27.6 Å². The highest BCUT2D eigenvalue weighted by atomic mass is 35.5. The normalized spacial score (nSPS) is 34.0. The molecule has 1 fully saturated rings. The Hall–Kier alpha value is -2.09. The molecule has 0 saturated heterocycles. The fourth-order valence-electron chi connectivity index (χ4n) is 7.69. The van der Waals surface area contributed by atoms with Crippen molar-refractivity contribution in [3.05, 3.63) is 58.1 Å². The van der Waals surface area contributed by atoms with Crippen LogP contribution in [0, 0.1) is 17.8 Å². The van der Waals surface area contributed by atoms with E-state index in [0.717, 1.165) is 68.1 Å². The third-order valence-electron chi connectivity index (χ3n) is 10.5. The number of nitrogens with zero attached hydrogens (tertiary/aromatic N) is 1. The SMILES string of the molecule is COC1CCCC(C)C(C)S(=O)NC(=O)c2ccc3c(c2)N(CC2CCC21)C[C@@]1(CCCc2cc(Cl)ccc21)CO3. The van der Waals surface area contributed by atoms with Crippen molar-refractivity contribution in [2.24, 2.45) is 17.8 Å². The molecule has 2 bridgehead atoms. The zero-order valence-corrected chi connectivity index (χ0v) is 26.1. The van der Waals surface area contributed by atoms with Gasteiger partial charge in [-0.1, -0.05) is 31.0 Å². The number of carbonyl (C=O) groups is 1. The first-order valence-corrected chi connectivity index (χ1v) is 16.9. The van der Waals surface area contributed by atoms with E-state index in [0.29, 0.717) is 24.0 Å². The van der Waals surface area contributed by atoms with Crippen LogP contribution in [-0.4, -0.2) is 48.3 Å². The molecule has 7 atom stereocenters. The number of methoxy groups -OCH3 is 1. The molecular formula is C33H43ClN2O4S. The predicted octanol–water partition coefficient (Wildman–Crippen LogP) is 6.46. The highest BCUT2D eigenvalue weighted by Crippen LogP contribution is 2.47. The van der Waals surface area contributed by atoms with Gasteiger partial charge in [0.15, 0.2) is 0 Å². The summed E-state index contributed by atoms with van der Waals surface area (Å²) in [5, 5.41) is 0.646. The molecule has 1 N–H and O–H groups in total. The Kier molecular flexibility index (Phi) is 8.41. The Balaban J connectivity index is 1.40. The number of amides is 1. The van der Waals surface area contributed by atoms with Crippen LogP contribution >= 0.6 is 11.6 Å². The summed E-state index contributed by atoms with van der Waals surface area (Å²) in [6.07, 6.45) is 8.77. The quantitative estimate of drug-likeness (QED) is 0.408. The molecule has 6 nitrogen and oxygen atoms in total. The Morgan fingerprint density at radius 3 is 2.73 bits per heavy atom. The Bertz CT molecular complexity index is 1320. The minimum absolute atomic E-state index is 0.135. The van der Waals surface area contributed by atoms with E-state index in [1.54, 1.807) is 6.07 Å². The van der Waals surface area contributed by atoms with Gasteiger partial charge in [0.25, 0.3) is 5.91 Å². The minimum Gasteiger partial charge on any atom is -0.490 e. The fourth-order valence-corrected chi connectivity index (χ4v) is 8.93. The number of benzene rings is 2. The summed E-state index contributed by atoms with van der Waals surface area (Å²) in [4.78, 5) is 15.8. The van der Waals surface area contributed by atoms with Crippen LogP contribution in [0.15, 0.2) is 36.4 Å². The van der Waals surface area contributed by atoms with E-state index in [9.17, 15) is 9.00 Å². The number of aryl methyl sites for hydroxylation is 1. The van der Waals surface area contributed by atoms with Crippen molar-refractivity contribution in [3.63, 3.8) is 0 Å².